The van der Waals surface area contributed by atoms with Crippen LogP contribution in [0.15, 0.2) is 11.6 Å². The number of thioether (sulfide) groups is 1. The van der Waals surface area contributed by atoms with Gasteiger partial charge in [-0.05, 0) is 87.0 Å². The van der Waals surface area contributed by atoms with E-state index in [-0.39, 0.29) is 27.8 Å². The molecule has 2 unspecified atom stereocenters. The van der Waals surface area contributed by atoms with Crippen LogP contribution in [0.5, 0.6) is 0 Å². The maximum Gasteiger partial charge on any atom is 0.316 e. The Morgan fingerprint density at radius 3 is 2.55 bits per heavy atom. The van der Waals surface area contributed by atoms with E-state index >= 15 is 0 Å². The first kappa shape index (κ1) is 21.1. The van der Waals surface area contributed by atoms with Crippen molar-refractivity contribution in [2.75, 3.05) is 0 Å². The third-order valence-electron chi connectivity index (χ3n) is 9.18. The Morgan fingerprint density at radius 1 is 1.17 bits per heavy atom. The monoisotopic (exact) mass is 418 g/mol. The lowest BCUT2D eigenvalue weighted by Crippen LogP contribution is -2.55. The number of aliphatic carboxylic acids is 1. The molecular weight excluding hydrogens is 384 g/mol. The molecule has 0 heterocycles. The number of carboxylic acids is 1. The lowest BCUT2D eigenvalue weighted by atomic mass is 9.46. The zero-order valence-electron chi connectivity index (χ0n) is 18.1. The fourth-order valence-corrected chi connectivity index (χ4v) is 9.10. The molecule has 5 heteroatoms. The summed E-state index contributed by atoms with van der Waals surface area (Å²) in [5.41, 5.74) is 1.35. The van der Waals surface area contributed by atoms with Crippen molar-refractivity contribution in [2.24, 2.45) is 34.5 Å². The van der Waals surface area contributed by atoms with E-state index in [1.54, 1.807) is 25.6 Å². The van der Waals surface area contributed by atoms with Crippen LogP contribution in [0, 0.1) is 34.5 Å². The van der Waals surface area contributed by atoms with Crippen molar-refractivity contribution in [2.45, 2.75) is 83.1 Å². The van der Waals surface area contributed by atoms with Crippen molar-refractivity contribution in [3.63, 3.8) is 0 Å². The van der Waals surface area contributed by atoms with Gasteiger partial charge in [0.2, 0.25) is 0 Å². The molecule has 0 saturated heterocycles. The molecule has 4 rings (SSSR count). The summed E-state index contributed by atoms with van der Waals surface area (Å²) in [6, 6.07) is 0. The number of carboxylic acid groups (broad SMARTS) is 1. The van der Waals surface area contributed by atoms with Crippen molar-refractivity contribution in [1.29, 1.82) is 0 Å². The average Bonchev–Trinajstić information content (AvgIpc) is 3.00. The number of fused-ring (bicyclic) bond motifs is 5. The van der Waals surface area contributed by atoms with Gasteiger partial charge in [-0.1, -0.05) is 19.4 Å². The summed E-state index contributed by atoms with van der Waals surface area (Å²) in [4.78, 5) is 36.2. The summed E-state index contributed by atoms with van der Waals surface area (Å²) in [5.74, 6) is 1.32. The summed E-state index contributed by atoms with van der Waals surface area (Å²) in [6.45, 7) is 8.21. The van der Waals surface area contributed by atoms with Gasteiger partial charge in [0.25, 0.3) is 0 Å². The van der Waals surface area contributed by atoms with Gasteiger partial charge in [0.15, 0.2) is 5.78 Å². The van der Waals surface area contributed by atoms with Gasteiger partial charge in [0.05, 0.1) is 5.25 Å². The molecule has 160 valence electrons. The summed E-state index contributed by atoms with van der Waals surface area (Å²) >= 11 is 1.59. The molecule has 4 nitrogen and oxygen atoms in total. The number of Topliss-reactive ketones (excluding diaryl/α,β-unsaturated/α-hetero) is 1. The number of carbonyl (C=O) groups excluding carboxylic acids is 2. The quantitative estimate of drug-likeness (QED) is 0.702. The maximum absolute atomic E-state index is 12.4. The van der Waals surface area contributed by atoms with Crippen molar-refractivity contribution in [3.05, 3.63) is 11.6 Å². The molecule has 0 aromatic rings. The molecule has 0 bridgehead atoms. The Morgan fingerprint density at radius 2 is 1.90 bits per heavy atom. The Hall–Kier alpha value is -1.10. The van der Waals surface area contributed by atoms with Crippen LogP contribution in [0.1, 0.15) is 72.6 Å². The third-order valence-corrected chi connectivity index (χ3v) is 10.6. The topological polar surface area (TPSA) is 71.4 Å². The lowest BCUT2D eigenvalue weighted by molar-refractivity contribution is -0.136. The van der Waals surface area contributed by atoms with Crippen LogP contribution in [0.25, 0.3) is 0 Å². The van der Waals surface area contributed by atoms with Gasteiger partial charge in [0.1, 0.15) is 5.78 Å². The second-order valence-electron chi connectivity index (χ2n) is 10.5. The predicted molar refractivity (Wildman–Crippen MR) is 115 cm³/mol. The number of allylic oxidation sites excluding steroid dienone is 1. The number of hydrogen-bond donors (Lipinski definition) is 1. The summed E-state index contributed by atoms with van der Waals surface area (Å²) in [7, 11) is 0. The summed E-state index contributed by atoms with van der Waals surface area (Å²) in [5, 5.41) is 9.31. The van der Waals surface area contributed by atoms with Crippen LogP contribution >= 0.6 is 11.8 Å². The first-order valence-electron chi connectivity index (χ1n) is 11.2. The predicted octanol–water partition coefficient (Wildman–Crippen LogP) is 4.91. The Kier molecular flexibility index (Phi) is 5.28. The molecule has 0 aromatic heterocycles. The van der Waals surface area contributed by atoms with Crippen molar-refractivity contribution >= 4 is 29.3 Å². The zero-order chi connectivity index (χ0) is 21.1. The van der Waals surface area contributed by atoms with Crippen LogP contribution in [-0.2, 0) is 14.4 Å². The normalized spacial score (nSPS) is 44.9. The van der Waals surface area contributed by atoms with E-state index in [0.717, 1.165) is 38.5 Å². The van der Waals surface area contributed by atoms with Crippen LogP contribution in [0.3, 0.4) is 0 Å². The van der Waals surface area contributed by atoms with Gasteiger partial charge in [-0.3, -0.25) is 14.4 Å². The highest BCUT2D eigenvalue weighted by Crippen LogP contribution is 2.68. The first-order valence-corrected chi connectivity index (χ1v) is 12.1. The van der Waals surface area contributed by atoms with Crippen LogP contribution in [0.2, 0.25) is 0 Å². The minimum Gasteiger partial charge on any atom is -0.480 e. The van der Waals surface area contributed by atoms with E-state index in [4.69, 9.17) is 0 Å². The van der Waals surface area contributed by atoms with E-state index in [0.29, 0.717) is 30.0 Å². The molecule has 29 heavy (non-hydrogen) atoms. The van der Waals surface area contributed by atoms with Gasteiger partial charge in [-0.2, -0.15) is 0 Å². The minimum atomic E-state index is -0.764. The van der Waals surface area contributed by atoms with Gasteiger partial charge < -0.3 is 5.11 Å². The Labute approximate surface area is 178 Å². The molecule has 0 aromatic carbocycles. The second kappa shape index (κ2) is 7.25. The molecule has 0 amide bonds. The molecular formula is C24H34O4S. The highest BCUT2D eigenvalue weighted by atomic mass is 32.2. The van der Waals surface area contributed by atoms with Crippen LogP contribution in [0.4, 0.5) is 0 Å². The zero-order valence-corrected chi connectivity index (χ0v) is 18.9. The molecule has 1 N–H and O–H groups in total. The SMILES string of the molecule is CC(=O)[C@H]1CC[C@H]2[C@@H]3C(SC(C)C(=O)O)CC4=CC(=O)CC[C@]4(C)[C@H]3CC[C@]12C. The molecule has 0 aliphatic heterocycles. The molecule has 0 radical (unpaired) electrons. The Balaban J connectivity index is 1.74. The van der Waals surface area contributed by atoms with Crippen LogP contribution in [-0.4, -0.2) is 33.1 Å². The molecule has 3 fully saturated rings. The van der Waals surface area contributed by atoms with Crippen molar-refractivity contribution in [1.82, 2.24) is 0 Å². The van der Waals surface area contributed by atoms with Gasteiger partial charge in [-0.25, -0.2) is 0 Å². The standard InChI is InChI=1S/C24H34O4S/c1-13(25)17-5-6-18-21-19(8-10-24(17,18)4)23(3)9-7-16(26)11-15(23)12-20(21)29-14(2)22(27)28/h11,14,17-21H,5-10,12H2,1-4H3,(H,27,28)/t14?,17-,18+,19+,20?,21+,23+,24-/m1/s1. The van der Waals surface area contributed by atoms with E-state index in [9.17, 15) is 19.5 Å². The highest BCUT2D eigenvalue weighted by Gasteiger charge is 2.62. The second-order valence-corrected chi connectivity index (χ2v) is 12.1. The molecule has 4 aliphatic rings. The lowest BCUT2D eigenvalue weighted by Gasteiger charge is -2.60. The van der Waals surface area contributed by atoms with E-state index in [2.05, 4.69) is 13.8 Å². The Bertz CT molecular complexity index is 773. The third kappa shape index (κ3) is 3.23. The molecule has 0 spiro atoms. The summed E-state index contributed by atoms with van der Waals surface area (Å²) < 4.78 is 0. The number of hydrogen-bond acceptors (Lipinski definition) is 4. The fourth-order valence-electron chi connectivity index (χ4n) is 7.63. The van der Waals surface area contributed by atoms with Crippen LogP contribution < -0.4 is 0 Å². The molecule has 4 aliphatic carbocycles. The molecule has 8 atom stereocenters. The minimum absolute atomic E-state index is 0.0420. The van der Waals surface area contributed by atoms with Gasteiger partial charge in [-0.15, -0.1) is 11.8 Å². The fraction of sp³-hybridized carbons (Fsp3) is 0.792. The van der Waals surface area contributed by atoms with Crippen molar-refractivity contribution in [3.8, 4) is 0 Å². The van der Waals surface area contributed by atoms with Gasteiger partial charge in [0, 0.05) is 17.6 Å². The number of rotatable bonds is 4. The first-order chi connectivity index (χ1) is 13.6. The van der Waals surface area contributed by atoms with Gasteiger partial charge >= 0.3 is 5.97 Å². The number of ketones is 2. The summed E-state index contributed by atoms with van der Waals surface area (Å²) in [6.07, 6.45) is 8.48. The average molecular weight is 419 g/mol. The number of carbonyl (C=O) groups is 3. The van der Waals surface area contributed by atoms with E-state index < -0.39 is 11.2 Å². The largest absolute Gasteiger partial charge is 0.480 e. The maximum atomic E-state index is 12.4. The van der Waals surface area contributed by atoms with Crippen molar-refractivity contribution < 1.29 is 19.5 Å². The van der Waals surface area contributed by atoms with E-state index in [1.807, 2.05) is 6.08 Å². The highest BCUT2D eigenvalue weighted by molar-refractivity contribution is 8.01. The smallest absolute Gasteiger partial charge is 0.316 e. The molecule has 3 saturated carbocycles. The van der Waals surface area contributed by atoms with E-state index in [1.165, 1.54) is 5.57 Å².